The molecule has 0 aliphatic carbocycles. The molecule has 0 spiro atoms. The SMILES string of the molecule is [B]C(=O)Nc1cn(C)c(C)c(C(C)(C)C(=O)NC)c1=O.[B]Nc1cn(C)c(C)c(C(C)(C)C(=O)NC)c1=O. The number of rotatable bonds is 6. The van der Waals surface area contributed by atoms with Gasteiger partial charge < -0.3 is 30.3 Å². The molecule has 0 aliphatic rings. The average molecular weight is 522 g/mol. The van der Waals surface area contributed by atoms with Gasteiger partial charge in [0.2, 0.25) is 38.5 Å². The molecule has 2 aromatic rings. The minimum absolute atomic E-state index is 0.0533. The molecular formula is C25H36B2N6O5. The summed E-state index contributed by atoms with van der Waals surface area (Å²) in [6.07, 6.45) is 3.09. The van der Waals surface area contributed by atoms with Crippen LogP contribution in [0.15, 0.2) is 22.0 Å². The van der Waals surface area contributed by atoms with Crippen LogP contribution in [0.1, 0.15) is 50.2 Å². The fourth-order valence-electron chi connectivity index (χ4n) is 4.30. The first-order valence-electron chi connectivity index (χ1n) is 11.8. The molecule has 0 bridgehead atoms. The number of hydrogen-bond acceptors (Lipinski definition) is 6. The lowest BCUT2D eigenvalue weighted by atomic mass is 9.82. The van der Waals surface area contributed by atoms with Crippen molar-refractivity contribution in [3.05, 3.63) is 55.4 Å². The van der Waals surface area contributed by atoms with Gasteiger partial charge in [-0.2, -0.15) is 0 Å². The number of aromatic nitrogens is 2. The van der Waals surface area contributed by atoms with Gasteiger partial charge in [-0.1, -0.05) is 0 Å². The van der Waals surface area contributed by atoms with Crippen molar-refractivity contribution in [2.75, 3.05) is 24.6 Å². The van der Waals surface area contributed by atoms with Gasteiger partial charge >= 0.3 is 0 Å². The van der Waals surface area contributed by atoms with Crippen LogP contribution in [0.4, 0.5) is 16.2 Å². The molecule has 2 heterocycles. The minimum Gasteiger partial charge on any atom is -0.433 e. The van der Waals surface area contributed by atoms with Gasteiger partial charge in [-0.25, -0.2) is 0 Å². The standard InChI is InChI=1S/C13H18BN3O3.C12H18BN3O2/c1-7-9(13(2,3)11(19)15-4)10(18)8(6-17(7)5)16-12(14)20;1-7-9(12(2,3)11(18)14-4)10(17)8(15-13)6-16(7)5/h6H,1-5H3,(H,15,19)(H,16,20);6,15H,1-5H3,(H,14,18). The van der Waals surface area contributed by atoms with E-state index in [9.17, 15) is 24.0 Å². The number of anilines is 2. The Bertz CT molecular complexity index is 1360. The first-order valence-corrected chi connectivity index (χ1v) is 11.8. The zero-order chi connectivity index (χ0) is 29.7. The van der Waals surface area contributed by atoms with Crippen molar-refractivity contribution < 1.29 is 14.4 Å². The third kappa shape index (κ3) is 6.38. The highest BCUT2D eigenvalue weighted by Gasteiger charge is 2.35. The van der Waals surface area contributed by atoms with E-state index in [4.69, 9.17) is 15.8 Å². The second-order valence-electron chi connectivity index (χ2n) is 9.93. The van der Waals surface area contributed by atoms with Crippen LogP contribution in [-0.4, -0.2) is 56.7 Å². The summed E-state index contributed by atoms with van der Waals surface area (Å²) in [5.41, 5.74) is -0.109. The topological polar surface area (TPSA) is 143 Å². The first-order chi connectivity index (χ1) is 17.4. The molecule has 0 saturated heterocycles. The molecule has 0 atom stereocenters. The molecule has 11 nitrogen and oxygen atoms in total. The lowest BCUT2D eigenvalue weighted by Gasteiger charge is -2.26. The third-order valence-electron chi connectivity index (χ3n) is 6.62. The van der Waals surface area contributed by atoms with Crippen LogP contribution >= 0.6 is 0 Å². The first kappa shape index (κ1) is 32.3. The predicted molar refractivity (Wildman–Crippen MR) is 151 cm³/mol. The van der Waals surface area contributed by atoms with Crippen molar-refractivity contribution in [1.29, 1.82) is 0 Å². The van der Waals surface area contributed by atoms with Gasteiger partial charge in [-0.15, -0.1) is 0 Å². The van der Waals surface area contributed by atoms with E-state index >= 15 is 0 Å². The smallest absolute Gasteiger partial charge is 0.230 e. The average Bonchev–Trinajstić information content (AvgIpc) is 2.83. The number of carbonyl (C=O) groups is 3. The van der Waals surface area contributed by atoms with Crippen molar-refractivity contribution in [2.45, 2.75) is 52.4 Å². The molecule has 4 radical (unpaired) electrons. The van der Waals surface area contributed by atoms with Crippen LogP contribution in [0.25, 0.3) is 0 Å². The quantitative estimate of drug-likeness (QED) is 0.410. The van der Waals surface area contributed by atoms with E-state index in [1.54, 1.807) is 71.1 Å². The molecule has 0 fully saturated rings. The van der Waals surface area contributed by atoms with Gasteiger partial charge in [-0.3, -0.25) is 24.0 Å². The summed E-state index contributed by atoms with van der Waals surface area (Å²) in [4.78, 5) is 59.7. The summed E-state index contributed by atoms with van der Waals surface area (Å²) in [6.45, 7) is 10.3. The maximum atomic E-state index is 12.5. The second kappa shape index (κ2) is 12.2. The summed E-state index contributed by atoms with van der Waals surface area (Å²) >= 11 is 0. The molecule has 0 aromatic carbocycles. The van der Waals surface area contributed by atoms with E-state index in [1.165, 1.54) is 13.2 Å². The van der Waals surface area contributed by atoms with Gasteiger partial charge in [0.05, 0.1) is 16.5 Å². The number of nitrogens with one attached hydrogen (secondary N) is 4. The molecule has 202 valence electrons. The van der Waals surface area contributed by atoms with Gasteiger partial charge in [-0.05, 0) is 41.5 Å². The van der Waals surface area contributed by atoms with E-state index in [0.717, 1.165) is 5.69 Å². The maximum Gasteiger partial charge on any atom is 0.230 e. The Morgan fingerprint density at radius 2 is 1.11 bits per heavy atom. The fraction of sp³-hybridized carbons (Fsp3) is 0.480. The monoisotopic (exact) mass is 522 g/mol. The summed E-state index contributed by atoms with van der Waals surface area (Å²) in [6, 6.07) is 0. The molecule has 0 aliphatic heterocycles. The van der Waals surface area contributed by atoms with E-state index in [-0.39, 0.29) is 28.6 Å². The molecule has 13 heteroatoms. The number of nitrogens with zero attached hydrogens (tertiary/aromatic N) is 2. The number of amides is 3. The number of hydrogen-bond donors (Lipinski definition) is 4. The zero-order valence-electron chi connectivity index (χ0n) is 23.7. The van der Waals surface area contributed by atoms with Crippen LogP contribution in [0.2, 0.25) is 0 Å². The number of aryl methyl sites for hydroxylation is 2. The highest BCUT2D eigenvalue weighted by Crippen LogP contribution is 2.26. The fourth-order valence-corrected chi connectivity index (χ4v) is 4.30. The maximum absolute atomic E-state index is 12.5. The van der Waals surface area contributed by atoms with Crippen molar-refractivity contribution in [3.63, 3.8) is 0 Å². The van der Waals surface area contributed by atoms with Crippen molar-refractivity contribution >= 4 is 44.8 Å². The Balaban J connectivity index is 0.000000382. The highest BCUT2D eigenvalue weighted by atomic mass is 16.2. The second-order valence-corrected chi connectivity index (χ2v) is 9.93. The molecule has 38 heavy (non-hydrogen) atoms. The predicted octanol–water partition coefficient (Wildman–Crippen LogP) is 0.630. The van der Waals surface area contributed by atoms with Gasteiger partial charge in [0, 0.05) is 63.1 Å². The molecule has 2 rings (SSSR count). The van der Waals surface area contributed by atoms with Gasteiger partial charge in [0.1, 0.15) is 5.69 Å². The number of carbonyl (C=O) groups excluding carboxylic acids is 3. The van der Waals surface area contributed by atoms with E-state index < -0.39 is 22.1 Å². The molecule has 4 N–H and O–H groups in total. The van der Waals surface area contributed by atoms with Crippen LogP contribution in [-0.2, 0) is 34.5 Å². The molecular weight excluding hydrogens is 486 g/mol. The zero-order valence-corrected chi connectivity index (χ0v) is 23.7. The van der Waals surface area contributed by atoms with Gasteiger partial charge in [0.15, 0.2) is 5.81 Å². The van der Waals surface area contributed by atoms with Crippen molar-refractivity contribution in [2.24, 2.45) is 14.1 Å². The summed E-state index contributed by atoms with van der Waals surface area (Å²) in [7, 11) is 17.0. The Kier molecular flexibility index (Phi) is 10.4. The summed E-state index contributed by atoms with van der Waals surface area (Å²) < 4.78 is 3.45. The van der Waals surface area contributed by atoms with Crippen molar-refractivity contribution in [3.8, 4) is 0 Å². The lowest BCUT2D eigenvalue weighted by Crippen LogP contribution is -2.43. The molecule has 0 unspecified atom stereocenters. The van der Waals surface area contributed by atoms with E-state index in [0.29, 0.717) is 16.8 Å². The van der Waals surface area contributed by atoms with Crippen LogP contribution in [0, 0.1) is 13.8 Å². The van der Waals surface area contributed by atoms with E-state index in [1.807, 2.05) is 6.92 Å². The Hall–Kier alpha value is -3.76. The summed E-state index contributed by atoms with van der Waals surface area (Å²) in [5.74, 6) is -1.32. The summed E-state index contributed by atoms with van der Waals surface area (Å²) in [5, 5.41) is 9.77. The lowest BCUT2D eigenvalue weighted by molar-refractivity contribution is -0.125. The molecule has 0 saturated carbocycles. The number of likely N-dealkylation sites (N-methyl/N-ethyl adjacent to an activating group) is 2. The van der Waals surface area contributed by atoms with Gasteiger partial charge in [0.25, 0.3) is 0 Å². The van der Waals surface area contributed by atoms with Crippen LogP contribution in [0.3, 0.4) is 0 Å². The van der Waals surface area contributed by atoms with Crippen LogP contribution < -0.4 is 32.0 Å². The minimum atomic E-state index is -1.02. The normalized spacial score (nSPS) is 11.1. The molecule has 2 aromatic heterocycles. The Labute approximate surface area is 225 Å². The van der Waals surface area contributed by atoms with Crippen molar-refractivity contribution in [1.82, 2.24) is 19.8 Å². The van der Waals surface area contributed by atoms with Crippen LogP contribution in [0.5, 0.6) is 0 Å². The Morgan fingerprint density at radius 1 is 0.763 bits per heavy atom. The number of pyridine rings is 2. The van der Waals surface area contributed by atoms with E-state index in [2.05, 4.69) is 21.2 Å². The third-order valence-corrected chi connectivity index (χ3v) is 6.62. The largest absolute Gasteiger partial charge is 0.433 e. The highest BCUT2D eigenvalue weighted by molar-refractivity contribution is 6.60. The molecule has 3 amide bonds. The Morgan fingerprint density at radius 3 is 1.42 bits per heavy atom.